The largest absolute Gasteiger partial charge is 0.791 e. The van der Waals surface area contributed by atoms with E-state index in [-0.39, 0.29) is 11.4 Å². The predicted molar refractivity (Wildman–Crippen MR) is 45.9 cm³/mol. The maximum absolute atomic E-state index is 10.6. The average molecular weight is 184 g/mol. The lowest BCUT2D eigenvalue weighted by Crippen LogP contribution is -2.24. The van der Waals surface area contributed by atoms with Crippen LogP contribution in [-0.2, 0) is 4.79 Å². The molecule has 0 bridgehead atoms. The van der Waals surface area contributed by atoms with Gasteiger partial charge in [-0.3, -0.25) is 4.79 Å². The second-order valence-corrected chi connectivity index (χ2v) is 3.12. The van der Waals surface area contributed by atoms with E-state index < -0.39 is 5.91 Å². The van der Waals surface area contributed by atoms with Crippen LogP contribution in [0.4, 0.5) is 0 Å². The topological polar surface area (TPSA) is 91.4 Å². The van der Waals surface area contributed by atoms with Crippen LogP contribution in [0, 0.1) is 12.1 Å². The van der Waals surface area contributed by atoms with Crippen molar-refractivity contribution < 1.29 is 4.79 Å². The highest BCUT2D eigenvalue weighted by Crippen LogP contribution is 2.08. The first kappa shape index (κ1) is 8.66. The molecule has 2 N–H and O–H groups in total. The van der Waals surface area contributed by atoms with E-state index in [0.29, 0.717) is 0 Å². The van der Waals surface area contributed by atoms with Gasteiger partial charge in [-0.1, -0.05) is 0 Å². The lowest BCUT2D eigenvalue weighted by molar-refractivity contribution is -0.111. The van der Waals surface area contributed by atoms with Crippen molar-refractivity contribution in [1.29, 1.82) is 0 Å². The van der Waals surface area contributed by atoms with Gasteiger partial charge in [0.25, 0.3) is 5.91 Å². The Hall–Kier alpha value is -1.43. The minimum atomic E-state index is -0.852. The van der Waals surface area contributed by atoms with Crippen LogP contribution in [0.1, 0.15) is 10.7 Å². The maximum Gasteiger partial charge on any atom is 0.268 e. The zero-order valence-electron chi connectivity index (χ0n) is 6.27. The van der Waals surface area contributed by atoms with Gasteiger partial charge in [-0.2, -0.15) is 0 Å². The van der Waals surface area contributed by atoms with Crippen molar-refractivity contribution in [2.75, 3.05) is 0 Å². The summed E-state index contributed by atoms with van der Waals surface area (Å²) in [6, 6.07) is 0. The zero-order chi connectivity index (χ0) is 9.14. The number of hydrogen-bond donors (Lipinski definition) is 1. The summed E-state index contributed by atoms with van der Waals surface area (Å²) in [5.41, 5.74) is 4.81. The van der Waals surface area contributed by atoms with Crippen LogP contribution >= 0.6 is 11.3 Å². The Balaban J connectivity index is 3.04. The molecule has 1 rings (SSSR count). The van der Waals surface area contributed by atoms with Crippen LogP contribution in [0.25, 0.3) is 0 Å². The van der Waals surface area contributed by atoms with Crippen LogP contribution in [0.2, 0.25) is 0 Å². The van der Waals surface area contributed by atoms with E-state index in [1.165, 1.54) is 11.3 Å². The molecule has 0 atom stereocenters. The van der Waals surface area contributed by atoms with Crippen LogP contribution in [0.15, 0.2) is 10.5 Å². The van der Waals surface area contributed by atoms with Crippen LogP contribution < -0.4 is 5.73 Å². The highest BCUT2D eigenvalue weighted by Gasteiger charge is 2.10. The van der Waals surface area contributed by atoms with E-state index in [0.717, 1.165) is 5.01 Å². The Bertz CT molecular complexity index is 331. The Morgan fingerprint density at radius 2 is 2.50 bits per heavy atom. The number of aryl methyl sites for hydroxylation is 1. The van der Waals surface area contributed by atoms with E-state index in [1.54, 1.807) is 12.3 Å². The summed E-state index contributed by atoms with van der Waals surface area (Å²) < 4.78 is 0. The number of thiazole rings is 1. The molecule has 0 saturated carbocycles. The number of rotatable bonds is 2. The van der Waals surface area contributed by atoms with E-state index >= 15 is 0 Å². The number of nitrogens with two attached hydrogens (primary N) is 1. The Morgan fingerprint density at radius 1 is 1.83 bits per heavy atom. The third-order valence-corrected chi connectivity index (χ3v) is 1.96. The van der Waals surface area contributed by atoms with E-state index in [2.05, 4.69) is 10.1 Å². The Morgan fingerprint density at radius 3 is 2.83 bits per heavy atom. The van der Waals surface area contributed by atoms with Crippen LogP contribution in [-0.4, -0.2) is 16.6 Å². The number of primary amides is 1. The molecule has 12 heavy (non-hydrogen) atoms. The van der Waals surface area contributed by atoms with Crippen LogP contribution in [0.3, 0.4) is 0 Å². The number of carbonyl (C=O) groups excluding carboxylic acids is 1. The molecule has 0 saturated heterocycles. The van der Waals surface area contributed by atoms with Gasteiger partial charge in [0.2, 0.25) is 0 Å². The van der Waals surface area contributed by atoms with Gasteiger partial charge in [-0.15, -0.1) is 11.3 Å². The van der Waals surface area contributed by atoms with E-state index in [1.807, 2.05) is 0 Å². The fourth-order valence-electron chi connectivity index (χ4n) is 0.690. The molecule has 5 nitrogen and oxygen atoms in total. The summed E-state index contributed by atoms with van der Waals surface area (Å²) in [4.78, 5) is 14.5. The fourth-order valence-corrected chi connectivity index (χ4v) is 1.29. The lowest BCUT2D eigenvalue weighted by atomic mass is 10.3. The molecule has 1 aromatic heterocycles. The monoisotopic (exact) mass is 184 g/mol. The molecule has 0 aliphatic rings. The summed E-state index contributed by atoms with van der Waals surface area (Å²) in [5, 5.41) is 15.0. The lowest BCUT2D eigenvalue weighted by Gasteiger charge is -1.99. The molecule has 0 fully saturated rings. The number of amides is 1. The first-order valence-electron chi connectivity index (χ1n) is 3.07. The Kier molecular flexibility index (Phi) is 2.39. The molecule has 0 radical (unpaired) electrons. The summed E-state index contributed by atoms with van der Waals surface area (Å²) in [6.07, 6.45) is 0. The van der Waals surface area contributed by atoms with E-state index in [9.17, 15) is 10.0 Å². The SMILES string of the molecule is Cc1nc(/C(=N/[O-])C(N)=O)cs1. The predicted octanol–water partition coefficient (Wildman–Crippen LogP) is 0.224. The number of hydrogen-bond acceptors (Lipinski definition) is 5. The third-order valence-electron chi connectivity index (χ3n) is 1.19. The van der Waals surface area contributed by atoms with Crippen molar-refractivity contribution in [1.82, 2.24) is 4.98 Å². The fraction of sp³-hybridized carbons (Fsp3) is 0.167. The molecule has 1 heterocycles. The second-order valence-electron chi connectivity index (χ2n) is 2.06. The summed E-state index contributed by atoms with van der Waals surface area (Å²) >= 11 is 1.33. The average Bonchev–Trinajstić information content (AvgIpc) is 2.37. The first-order valence-corrected chi connectivity index (χ1v) is 3.95. The van der Waals surface area contributed by atoms with Crippen molar-refractivity contribution in [3.8, 4) is 0 Å². The zero-order valence-corrected chi connectivity index (χ0v) is 7.09. The van der Waals surface area contributed by atoms with Gasteiger partial charge in [0, 0.05) is 5.38 Å². The summed E-state index contributed by atoms with van der Waals surface area (Å²) in [6.45, 7) is 1.76. The molecule has 6 heteroatoms. The van der Waals surface area contributed by atoms with Crippen LogP contribution in [0.5, 0.6) is 0 Å². The minimum absolute atomic E-state index is 0.250. The normalized spacial score (nSPS) is 11.6. The van der Waals surface area contributed by atoms with Crippen molar-refractivity contribution >= 4 is 23.0 Å². The number of nitrogens with zero attached hydrogens (tertiary/aromatic N) is 2. The smallest absolute Gasteiger partial charge is 0.268 e. The van der Waals surface area contributed by atoms with Crippen molar-refractivity contribution in [2.24, 2.45) is 10.9 Å². The van der Waals surface area contributed by atoms with Gasteiger partial charge < -0.3 is 16.1 Å². The standard InChI is InChI=1S/C6H7N3O2S/c1-3-8-4(2-12-3)5(9-11)6(7)10/h2,11H,1H3,(H2,7,10)/p-1/b9-5-. The minimum Gasteiger partial charge on any atom is -0.791 e. The quantitative estimate of drug-likeness (QED) is 0.526. The van der Waals surface area contributed by atoms with E-state index in [4.69, 9.17) is 5.73 Å². The number of aromatic nitrogens is 1. The third kappa shape index (κ3) is 1.59. The molecular weight excluding hydrogens is 178 g/mol. The van der Waals surface area contributed by atoms with Gasteiger partial charge in [-0.25, -0.2) is 4.98 Å². The van der Waals surface area contributed by atoms with Gasteiger partial charge in [0.15, 0.2) is 0 Å². The molecular formula is C6H6N3O2S-. The molecule has 0 aliphatic carbocycles. The molecule has 1 aromatic rings. The van der Waals surface area contributed by atoms with Crippen molar-refractivity contribution in [3.05, 3.63) is 21.3 Å². The summed E-state index contributed by atoms with van der Waals surface area (Å²) in [5.74, 6) is -0.852. The molecule has 0 spiro atoms. The van der Waals surface area contributed by atoms with Gasteiger partial charge in [0.1, 0.15) is 11.4 Å². The molecule has 64 valence electrons. The summed E-state index contributed by atoms with van der Waals surface area (Å²) in [7, 11) is 0. The van der Waals surface area contributed by atoms with Crippen molar-refractivity contribution in [3.63, 3.8) is 0 Å². The van der Waals surface area contributed by atoms with Gasteiger partial charge in [-0.05, 0) is 6.92 Å². The van der Waals surface area contributed by atoms with Gasteiger partial charge >= 0.3 is 0 Å². The Labute approximate surface area is 72.5 Å². The van der Waals surface area contributed by atoms with Crippen molar-refractivity contribution in [2.45, 2.75) is 6.92 Å². The number of carbonyl (C=O) groups is 1. The first-order chi connectivity index (χ1) is 5.65. The highest BCUT2D eigenvalue weighted by molar-refractivity contribution is 7.09. The molecule has 0 aromatic carbocycles. The molecule has 1 amide bonds. The second kappa shape index (κ2) is 3.31. The van der Waals surface area contributed by atoms with Gasteiger partial charge in [0.05, 0.1) is 5.01 Å². The maximum atomic E-state index is 10.6. The molecule has 0 unspecified atom stereocenters. The highest BCUT2D eigenvalue weighted by atomic mass is 32.1. The molecule has 0 aliphatic heterocycles.